The van der Waals surface area contributed by atoms with E-state index in [1.807, 2.05) is 0 Å². The molecule has 2 saturated carbocycles. The molecule has 0 radical (unpaired) electrons. The second-order valence-corrected chi connectivity index (χ2v) is 7.94. The molecule has 22 heavy (non-hydrogen) atoms. The molecule has 1 atom stereocenters. The fourth-order valence-electron chi connectivity index (χ4n) is 4.58. The predicted molar refractivity (Wildman–Crippen MR) is 94.9 cm³/mol. The zero-order valence-electron chi connectivity index (χ0n) is 15.1. The van der Waals surface area contributed by atoms with Gasteiger partial charge in [-0.3, -0.25) is 0 Å². The maximum Gasteiger partial charge on any atom is 0.0575 e. The van der Waals surface area contributed by atoms with Crippen LogP contribution in [0.2, 0.25) is 0 Å². The standard InChI is InChI=1S/C20H39NO/c1-3-15-22-19-13-9-17(10-14-19)6-5-16-7-11-18(12-8-16)20(21)4-2/h16-20H,3-15,21H2,1-2H3. The van der Waals surface area contributed by atoms with Crippen molar-refractivity contribution in [3.63, 3.8) is 0 Å². The summed E-state index contributed by atoms with van der Waals surface area (Å²) in [5.74, 6) is 2.79. The van der Waals surface area contributed by atoms with Crippen molar-refractivity contribution in [2.45, 2.75) is 103 Å². The molecule has 2 N–H and O–H groups in total. The number of rotatable bonds is 8. The molecular weight excluding hydrogens is 270 g/mol. The Kier molecular flexibility index (Phi) is 8.24. The normalized spacial score (nSPS) is 34.5. The molecule has 2 aliphatic carbocycles. The molecule has 1 unspecified atom stereocenters. The van der Waals surface area contributed by atoms with Crippen LogP contribution in [0.3, 0.4) is 0 Å². The van der Waals surface area contributed by atoms with Crippen molar-refractivity contribution in [2.75, 3.05) is 6.61 Å². The molecule has 2 fully saturated rings. The van der Waals surface area contributed by atoms with Gasteiger partial charge in [-0.05, 0) is 69.1 Å². The van der Waals surface area contributed by atoms with Crippen LogP contribution < -0.4 is 5.73 Å². The molecule has 0 aromatic carbocycles. The summed E-state index contributed by atoms with van der Waals surface area (Å²) < 4.78 is 5.91. The lowest BCUT2D eigenvalue weighted by atomic mass is 9.75. The molecule has 130 valence electrons. The van der Waals surface area contributed by atoms with Gasteiger partial charge in [-0.1, -0.05) is 39.5 Å². The maximum atomic E-state index is 6.22. The van der Waals surface area contributed by atoms with E-state index >= 15 is 0 Å². The van der Waals surface area contributed by atoms with Gasteiger partial charge in [0.2, 0.25) is 0 Å². The first kappa shape index (κ1) is 18.3. The first-order chi connectivity index (χ1) is 10.7. The first-order valence-electron chi connectivity index (χ1n) is 10.1. The van der Waals surface area contributed by atoms with E-state index in [4.69, 9.17) is 10.5 Å². The van der Waals surface area contributed by atoms with Crippen LogP contribution in [-0.2, 0) is 4.74 Å². The maximum absolute atomic E-state index is 6.22. The molecule has 0 aromatic heterocycles. The molecular formula is C20H39NO. The minimum atomic E-state index is 0.458. The highest BCUT2D eigenvalue weighted by Gasteiger charge is 2.26. The lowest BCUT2D eigenvalue weighted by molar-refractivity contribution is 0.0167. The lowest BCUT2D eigenvalue weighted by Gasteiger charge is -2.33. The number of nitrogens with two attached hydrogens (primary N) is 1. The largest absolute Gasteiger partial charge is 0.378 e. The first-order valence-corrected chi connectivity index (χ1v) is 10.1. The van der Waals surface area contributed by atoms with Crippen molar-refractivity contribution in [2.24, 2.45) is 23.5 Å². The van der Waals surface area contributed by atoms with Crippen molar-refractivity contribution in [1.29, 1.82) is 0 Å². The second-order valence-electron chi connectivity index (χ2n) is 7.94. The van der Waals surface area contributed by atoms with Gasteiger partial charge in [-0.25, -0.2) is 0 Å². The average Bonchev–Trinajstić information content (AvgIpc) is 2.58. The Bertz CT molecular complexity index is 277. The van der Waals surface area contributed by atoms with E-state index in [2.05, 4.69) is 13.8 Å². The van der Waals surface area contributed by atoms with Crippen molar-refractivity contribution < 1.29 is 4.74 Å². The number of hydrogen-bond donors (Lipinski definition) is 1. The molecule has 0 aliphatic heterocycles. The van der Waals surface area contributed by atoms with Crippen molar-refractivity contribution in [3.8, 4) is 0 Å². The topological polar surface area (TPSA) is 35.2 Å². The molecule has 0 heterocycles. The minimum absolute atomic E-state index is 0.458. The van der Waals surface area contributed by atoms with Crippen LogP contribution in [0.1, 0.15) is 90.9 Å². The average molecular weight is 310 g/mol. The molecule has 2 aliphatic rings. The van der Waals surface area contributed by atoms with Crippen LogP contribution in [0.25, 0.3) is 0 Å². The van der Waals surface area contributed by atoms with Crippen LogP contribution in [0.15, 0.2) is 0 Å². The third kappa shape index (κ3) is 5.85. The van der Waals surface area contributed by atoms with E-state index in [1.54, 1.807) is 0 Å². The van der Waals surface area contributed by atoms with E-state index in [0.717, 1.165) is 37.2 Å². The van der Waals surface area contributed by atoms with E-state index < -0.39 is 0 Å². The van der Waals surface area contributed by atoms with Gasteiger partial charge in [-0.2, -0.15) is 0 Å². The van der Waals surface area contributed by atoms with E-state index in [1.165, 1.54) is 64.2 Å². The summed E-state index contributed by atoms with van der Waals surface area (Å²) >= 11 is 0. The zero-order valence-corrected chi connectivity index (χ0v) is 15.1. The third-order valence-corrected chi connectivity index (χ3v) is 6.30. The van der Waals surface area contributed by atoms with Crippen LogP contribution in [0.4, 0.5) is 0 Å². The lowest BCUT2D eigenvalue weighted by Crippen LogP contribution is -2.32. The summed E-state index contributed by atoms with van der Waals surface area (Å²) in [6.07, 6.45) is 16.9. The summed E-state index contributed by atoms with van der Waals surface area (Å²) in [4.78, 5) is 0. The summed E-state index contributed by atoms with van der Waals surface area (Å²) in [6, 6.07) is 0.458. The Morgan fingerprint density at radius 2 is 1.41 bits per heavy atom. The SMILES string of the molecule is CCCOC1CCC(CCC2CCC(C(N)CC)CC2)CC1. The highest BCUT2D eigenvalue weighted by Crippen LogP contribution is 2.36. The van der Waals surface area contributed by atoms with Crippen LogP contribution in [-0.4, -0.2) is 18.8 Å². The second kappa shape index (κ2) is 9.93. The molecule has 0 aromatic rings. The van der Waals surface area contributed by atoms with E-state index in [9.17, 15) is 0 Å². The molecule has 2 heteroatoms. The summed E-state index contributed by atoms with van der Waals surface area (Å²) in [5, 5.41) is 0. The summed E-state index contributed by atoms with van der Waals surface area (Å²) in [5.41, 5.74) is 6.22. The van der Waals surface area contributed by atoms with Crippen molar-refractivity contribution in [3.05, 3.63) is 0 Å². The fraction of sp³-hybridized carbons (Fsp3) is 1.00. The summed E-state index contributed by atoms with van der Waals surface area (Å²) in [6.45, 7) is 5.39. The third-order valence-electron chi connectivity index (χ3n) is 6.30. The monoisotopic (exact) mass is 309 g/mol. The smallest absolute Gasteiger partial charge is 0.0575 e. The molecule has 0 bridgehead atoms. The van der Waals surface area contributed by atoms with Crippen LogP contribution in [0.5, 0.6) is 0 Å². The van der Waals surface area contributed by atoms with Gasteiger partial charge in [0.05, 0.1) is 6.10 Å². The zero-order chi connectivity index (χ0) is 15.8. The molecule has 2 rings (SSSR count). The predicted octanol–water partition coefficient (Wildman–Crippen LogP) is 5.30. The Morgan fingerprint density at radius 3 is 1.91 bits per heavy atom. The van der Waals surface area contributed by atoms with Gasteiger partial charge in [0.25, 0.3) is 0 Å². The van der Waals surface area contributed by atoms with Crippen molar-refractivity contribution >= 4 is 0 Å². The minimum Gasteiger partial charge on any atom is -0.378 e. The Morgan fingerprint density at radius 1 is 0.864 bits per heavy atom. The quantitative estimate of drug-likeness (QED) is 0.660. The van der Waals surface area contributed by atoms with E-state index in [-0.39, 0.29) is 0 Å². The highest BCUT2D eigenvalue weighted by molar-refractivity contribution is 4.80. The Labute approximate surface area is 138 Å². The van der Waals surface area contributed by atoms with Gasteiger partial charge in [0.15, 0.2) is 0 Å². The fourth-order valence-corrected chi connectivity index (χ4v) is 4.58. The van der Waals surface area contributed by atoms with Gasteiger partial charge < -0.3 is 10.5 Å². The molecule has 2 nitrogen and oxygen atoms in total. The summed E-state index contributed by atoms with van der Waals surface area (Å²) in [7, 11) is 0. The molecule has 0 amide bonds. The molecule has 0 saturated heterocycles. The van der Waals surface area contributed by atoms with Gasteiger partial charge in [0.1, 0.15) is 0 Å². The number of hydrogen-bond acceptors (Lipinski definition) is 2. The molecule has 0 spiro atoms. The van der Waals surface area contributed by atoms with Crippen LogP contribution >= 0.6 is 0 Å². The van der Waals surface area contributed by atoms with Crippen LogP contribution in [0, 0.1) is 17.8 Å². The Balaban J connectivity index is 1.56. The highest BCUT2D eigenvalue weighted by atomic mass is 16.5. The van der Waals surface area contributed by atoms with E-state index in [0.29, 0.717) is 12.1 Å². The van der Waals surface area contributed by atoms with Crippen molar-refractivity contribution in [1.82, 2.24) is 0 Å². The Hall–Kier alpha value is -0.0800. The van der Waals surface area contributed by atoms with Gasteiger partial charge in [0, 0.05) is 12.6 Å². The number of ether oxygens (including phenoxy) is 1. The van der Waals surface area contributed by atoms with Gasteiger partial charge >= 0.3 is 0 Å². The van der Waals surface area contributed by atoms with Gasteiger partial charge in [-0.15, -0.1) is 0 Å².